The molecular weight excluding hydrogens is 504 g/mol. The van der Waals surface area contributed by atoms with E-state index in [4.69, 9.17) is 10.3 Å². The number of hydrogen-bond donors (Lipinski definition) is 4. The fourth-order valence-corrected chi connectivity index (χ4v) is 4.77. The minimum Gasteiger partial charge on any atom is -0.392 e. The van der Waals surface area contributed by atoms with Crippen LogP contribution >= 0.6 is 11.3 Å². The number of nitrogens with one attached hydrogen (secondary N) is 2. The van der Waals surface area contributed by atoms with Crippen LogP contribution < -0.4 is 16.4 Å². The predicted octanol–water partition coefficient (Wildman–Crippen LogP) is 4.76. The van der Waals surface area contributed by atoms with Crippen molar-refractivity contribution in [1.29, 1.82) is 0 Å². The van der Waals surface area contributed by atoms with Crippen LogP contribution in [0.1, 0.15) is 34.2 Å². The van der Waals surface area contributed by atoms with Crippen molar-refractivity contribution in [2.45, 2.75) is 33.9 Å². The summed E-state index contributed by atoms with van der Waals surface area (Å²) in [4.78, 5) is 22.3. The second kappa shape index (κ2) is 10.4. The number of aliphatic hydroxyl groups excluding tert-OH is 1. The Labute approximate surface area is 222 Å². The summed E-state index contributed by atoms with van der Waals surface area (Å²) in [6.07, 6.45) is 0. The number of rotatable bonds is 8. The van der Waals surface area contributed by atoms with Crippen LogP contribution in [0.4, 0.5) is 22.3 Å². The first-order valence-electron chi connectivity index (χ1n) is 11.9. The summed E-state index contributed by atoms with van der Waals surface area (Å²) in [5.41, 5.74) is 11.2. The highest BCUT2D eigenvalue weighted by Gasteiger charge is 2.20. The molecule has 11 nitrogen and oxygen atoms in total. The largest absolute Gasteiger partial charge is 0.392 e. The number of amides is 1. The van der Waals surface area contributed by atoms with Gasteiger partial charge in [-0.3, -0.25) is 9.48 Å². The number of aryl methyl sites for hydroxylation is 3. The van der Waals surface area contributed by atoms with Gasteiger partial charge >= 0.3 is 0 Å². The van der Waals surface area contributed by atoms with Crippen molar-refractivity contribution in [3.05, 3.63) is 71.0 Å². The van der Waals surface area contributed by atoms with Gasteiger partial charge in [-0.2, -0.15) is 10.1 Å². The van der Waals surface area contributed by atoms with Crippen molar-refractivity contribution >= 4 is 39.6 Å². The molecule has 0 radical (unpaired) electrons. The fraction of sp³-hybridized carbons (Fsp3) is 0.192. The molecule has 0 saturated heterocycles. The highest BCUT2D eigenvalue weighted by atomic mass is 32.1. The molecule has 0 aliphatic heterocycles. The molecule has 194 valence electrons. The molecule has 1 amide bonds. The van der Waals surface area contributed by atoms with Gasteiger partial charge in [0.05, 0.1) is 12.3 Å². The Morgan fingerprint density at radius 3 is 2.76 bits per heavy atom. The number of aliphatic hydroxyl groups is 1. The van der Waals surface area contributed by atoms with Gasteiger partial charge < -0.3 is 26.0 Å². The Morgan fingerprint density at radius 1 is 1.13 bits per heavy atom. The summed E-state index contributed by atoms with van der Waals surface area (Å²) in [7, 11) is 0. The second-order valence-electron chi connectivity index (χ2n) is 8.61. The van der Waals surface area contributed by atoms with E-state index in [1.807, 2.05) is 57.2 Å². The van der Waals surface area contributed by atoms with Crippen LogP contribution in [0.3, 0.4) is 0 Å². The third-order valence-corrected chi connectivity index (χ3v) is 6.78. The smallest absolute Gasteiger partial charge is 0.273 e. The maximum Gasteiger partial charge on any atom is 0.273 e. The summed E-state index contributed by atoms with van der Waals surface area (Å²) in [6, 6.07) is 14.6. The highest BCUT2D eigenvalue weighted by Crippen LogP contribution is 2.36. The van der Waals surface area contributed by atoms with Crippen LogP contribution in [0, 0.1) is 13.8 Å². The van der Waals surface area contributed by atoms with Crippen molar-refractivity contribution in [1.82, 2.24) is 24.9 Å². The standard InChI is InChI=1S/C26H26N8O3S/c1-4-34-20(10-15(3)32-34)24(36)28-18-9-8-14(2)19(12-18)23-31-25(37-33-23)21-22(27)30-26(38-21)29-17-7-5-6-16(11-17)13-35/h5-12,35H,4,13,27H2,1-3H3,(H,28,36)(H,29,30). The van der Waals surface area contributed by atoms with Crippen molar-refractivity contribution in [2.24, 2.45) is 0 Å². The van der Waals surface area contributed by atoms with Gasteiger partial charge in [0.2, 0.25) is 5.82 Å². The van der Waals surface area contributed by atoms with Gasteiger partial charge in [-0.25, -0.2) is 4.98 Å². The summed E-state index contributed by atoms with van der Waals surface area (Å²) < 4.78 is 7.20. The third-order valence-electron chi connectivity index (χ3n) is 5.81. The maximum absolute atomic E-state index is 12.9. The zero-order chi connectivity index (χ0) is 26.8. The molecule has 3 aromatic heterocycles. The summed E-state index contributed by atoms with van der Waals surface area (Å²) in [5, 5.41) is 24.5. The summed E-state index contributed by atoms with van der Waals surface area (Å²) in [6.45, 7) is 6.25. The van der Waals surface area contributed by atoms with Crippen LogP contribution in [0.2, 0.25) is 0 Å². The van der Waals surface area contributed by atoms with E-state index in [0.29, 0.717) is 39.3 Å². The van der Waals surface area contributed by atoms with Gasteiger partial charge in [0.25, 0.3) is 11.8 Å². The number of thiazole rings is 1. The first-order valence-corrected chi connectivity index (χ1v) is 12.7. The Morgan fingerprint density at radius 2 is 1.97 bits per heavy atom. The number of benzene rings is 2. The molecule has 3 heterocycles. The van der Waals surface area contributed by atoms with Gasteiger partial charge in [-0.15, -0.1) is 0 Å². The first-order chi connectivity index (χ1) is 18.3. The number of nitrogen functional groups attached to an aromatic ring is 1. The number of carbonyl (C=O) groups is 1. The van der Waals surface area contributed by atoms with Crippen LogP contribution in [-0.4, -0.2) is 35.9 Å². The number of anilines is 4. The average molecular weight is 531 g/mol. The van der Waals surface area contributed by atoms with E-state index in [9.17, 15) is 9.90 Å². The molecule has 0 bridgehead atoms. The Kier molecular flexibility index (Phi) is 6.90. The van der Waals surface area contributed by atoms with Crippen molar-refractivity contribution in [2.75, 3.05) is 16.4 Å². The molecular formula is C26H26N8O3S. The van der Waals surface area contributed by atoms with Crippen molar-refractivity contribution < 1.29 is 14.4 Å². The van der Waals surface area contributed by atoms with E-state index in [1.54, 1.807) is 16.8 Å². The molecule has 12 heteroatoms. The van der Waals surface area contributed by atoms with E-state index in [0.717, 1.165) is 22.5 Å². The molecule has 2 aromatic carbocycles. The van der Waals surface area contributed by atoms with Crippen LogP contribution in [-0.2, 0) is 13.2 Å². The number of hydrogen-bond acceptors (Lipinski definition) is 10. The molecule has 5 N–H and O–H groups in total. The van der Waals surface area contributed by atoms with Gasteiger partial charge in [0.1, 0.15) is 16.4 Å². The second-order valence-corrected chi connectivity index (χ2v) is 9.61. The van der Waals surface area contributed by atoms with E-state index >= 15 is 0 Å². The van der Waals surface area contributed by atoms with Gasteiger partial charge in [-0.05, 0) is 62.2 Å². The molecule has 0 atom stereocenters. The lowest BCUT2D eigenvalue weighted by Crippen LogP contribution is -2.17. The van der Waals surface area contributed by atoms with Crippen LogP contribution in [0.5, 0.6) is 0 Å². The van der Waals surface area contributed by atoms with E-state index in [-0.39, 0.29) is 24.2 Å². The monoisotopic (exact) mass is 530 g/mol. The lowest BCUT2D eigenvalue weighted by molar-refractivity contribution is 0.101. The minimum atomic E-state index is -0.252. The molecule has 0 saturated carbocycles. The topological polar surface area (TPSA) is 157 Å². The maximum atomic E-state index is 12.9. The van der Waals surface area contributed by atoms with Crippen molar-refractivity contribution in [3.63, 3.8) is 0 Å². The van der Waals surface area contributed by atoms with Crippen molar-refractivity contribution in [3.8, 4) is 22.2 Å². The zero-order valence-electron chi connectivity index (χ0n) is 21.0. The SMILES string of the molecule is CCn1nc(C)cc1C(=O)Nc1ccc(C)c(-c2noc(-c3sc(Nc4cccc(CO)c4)nc3N)n2)c1. The molecule has 0 aliphatic carbocycles. The molecule has 0 aliphatic rings. The lowest BCUT2D eigenvalue weighted by atomic mass is 10.1. The number of aromatic nitrogens is 5. The summed E-state index contributed by atoms with van der Waals surface area (Å²) >= 11 is 1.28. The minimum absolute atomic E-state index is 0.0566. The fourth-order valence-electron chi connectivity index (χ4n) is 3.94. The molecule has 5 rings (SSSR count). The molecule has 0 fully saturated rings. The van der Waals surface area contributed by atoms with E-state index in [1.165, 1.54) is 11.3 Å². The normalized spacial score (nSPS) is 11.1. The van der Waals surface area contributed by atoms with Gasteiger partial charge in [-0.1, -0.05) is 34.7 Å². The van der Waals surface area contributed by atoms with Crippen LogP contribution in [0.15, 0.2) is 53.1 Å². The quantitative estimate of drug-likeness (QED) is 0.222. The number of nitrogens with two attached hydrogens (primary N) is 1. The Hall–Kier alpha value is -4.55. The summed E-state index contributed by atoms with van der Waals surface area (Å²) in [5.74, 6) is 0.606. The number of carbonyl (C=O) groups excluding carboxylic acids is 1. The lowest BCUT2D eigenvalue weighted by Gasteiger charge is -2.09. The van der Waals surface area contributed by atoms with E-state index in [2.05, 4.69) is 30.9 Å². The van der Waals surface area contributed by atoms with Gasteiger partial charge in [0.15, 0.2) is 5.13 Å². The van der Waals surface area contributed by atoms with Gasteiger partial charge in [0, 0.05) is 23.5 Å². The van der Waals surface area contributed by atoms with Crippen LogP contribution in [0.25, 0.3) is 22.2 Å². The zero-order valence-corrected chi connectivity index (χ0v) is 21.8. The molecule has 38 heavy (non-hydrogen) atoms. The molecule has 0 spiro atoms. The molecule has 0 unspecified atom stereocenters. The Balaban J connectivity index is 1.37. The average Bonchev–Trinajstić information content (AvgIpc) is 3.63. The highest BCUT2D eigenvalue weighted by molar-refractivity contribution is 7.19. The predicted molar refractivity (Wildman–Crippen MR) is 146 cm³/mol. The molecule has 5 aromatic rings. The number of nitrogens with zero attached hydrogens (tertiary/aromatic N) is 5. The first kappa shape index (κ1) is 25.1. The van der Waals surface area contributed by atoms with E-state index < -0.39 is 0 Å². The third kappa shape index (κ3) is 5.12. The Bertz CT molecular complexity index is 1620.